The minimum Gasteiger partial charge on any atom is -0.364 e. The molecule has 0 aliphatic carbocycles. The molecular weight excluding hydrogens is 204 g/mol. The van der Waals surface area contributed by atoms with Crippen molar-refractivity contribution in [1.82, 2.24) is 10.1 Å². The van der Waals surface area contributed by atoms with Gasteiger partial charge in [0.25, 0.3) is 0 Å². The topological polar surface area (TPSA) is 46.3 Å². The molecule has 4 nitrogen and oxygen atoms in total. The number of rotatable bonds is 4. The van der Waals surface area contributed by atoms with Crippen molar-refractivity contribution in [3.05, 3.63) is 17.5 Å². The van der Waals surface area contributed by atoms with Crippen LogP contribution in [0.1, 0.15) is 35.8 Å². The van der Waals surface area contributed by atoms with Crippen molar-refractivity contribution < 1.29 is 9.32 Å². The lowest BCUT2D eigenvalue weighted by molar-refractivity contribution is 0.0901. The first-order valence-corrected chi connectivity index (χ1v) is 5.86. The van der Waals surface area contributed by atoms with E-state index in [0.717, 1.165) is 19.6 Å². The van der Waals surface area contributed by atoms with Gasteiger partial charge in [0.1, 0.15) is 6.26 Å². The molecule has 1 aliphatic rings. The molecule has 16 heavy (non-hydrogen) atoms. The highest BCUT2D eigenvalue weighted by atomic mass is 16.5. The van der Waals surface area contributed by atoms with Crippen LogP contribution in [0.3, 0.4) is 0 Å². The SMILES string of the molecule is Cc1nocc1C(=O)C(C)CN1CCCC1. The summed E-state index contributed by atoms with van der Waals surface area (Å²) in [5, 5.41) is 3.74. The van der Waals surface area contributed by atoms with E-state index in [1.165, 1.54) is 19.1 Å². The van der Waals surface area contributed by atoms with E-state index in [1.807, 2.05) is 6.92 Å². The lowest BCUT2D eigenvalue weighted by Gasteiger charge is -2.18. The molecule has 2 rings (SSSR count). The Hall–Kier alpha value is -1.16. The molecule has 1 aromatic heterocycles. The standard InChI is InChI=1S/C12H18N2O2/c1-9(7-14-5-3-4-6-14)12(15)11-8-16-13-10(11)2/h8-9H,3-7H2,1-2H3. The molecule has 0 N–H and O–H groups in total. The predicted molar refractivity (Wildman–Crippen MR) is 60.4 cm³/mol. The Labute approximate surface area is 95.6 Å². The smallest absolute Gasteiger partial charge is 0.172 e. The van der Waals surface area contributed by atoms with Crippen molar-refractivity contribution >= 4 is 5.78 Å². The highest BCUT2D eigenvalue weighted by Gasteiger charge is 2.23. The predicted octanol–water partition coefficient (Wildman–Crippen LogP) is 1.90. The second-order valence-corrected chi connectivity index (χ2v) is 4.59. The monoisotopic (exact) mass is 222 g/mol. The number of Topliss-reactive ketones (excluding diaryl/α,β-unsaturated/α-hetero) is 1. The van der Waals surface area contributed by atoms with Crippen LogP contribution in [0.4, 0.5) is 0 Å². The van der Waals surface area contributed by atoms with E-state index >= 15 is 0 Å². The summed E-state index contributed by atoms with van der Waals surface area (Å²) in [6, 6.07) is 0. The number of nitrogens with zero attached hydrogens (tertiary/aromatic N) is 2. The quantitative estimate of drug-likeness (QED) is 0.730. The number of carbonyl (C=O) groups is 1. The van der Waals surface area contributed by atoms with Crippen LogP contribution >= 0.6 is 0 Å². The molecule has 2 heterocycles. The zero-order valence-corrected chi connectivity index (χ0v) is 9.90. The van der Waals surface area contributed by atoms with E-state index < -0.39 is 0 Å². The maximum Gasteiger partial charge on any atom is 0.172 e. The Morgan fingerprint density at radius 3 is 2.81 bits per heavy atom. The van der Waals surface area contributed by atoms with Crippen LogP contribution in [0.5, 0.6) is 0 Å². The number of aryl methyl sites for hydroxylation is 1. The van der Waals surface area contributed by atoms with Crippen molar-refractivity contribution in [2.45, 2.75) is 26.7 Å². The second-order valence-electron chi connectivity index (χ2n) is 4.59. The molecule has 1 aromatic rings. The molecule has 0 aromatic carbocycles. The first-order chi connectivity index (χ1) is 7.68. The van der Waals surface area contributed by atoms with Gasteiger partial charge in [-0.15, -0.1) is 0 Å². The van der Waals surface area contributed by atoms with Crippen molar-refractivity contribution in [3.63, 3.8) is 0 Å². The van der Waals surface area contributed by atoms with Crippen molar-refractivity contribution in [2.24, 2.45) is 5.92 Å². The number of hydrogen-bond donors (Lipinski definition) is 0. The van der Waals surface area contributed by atoms with Crippen molar-refractivity contribution in [1.29, 1.82) is 0 Å². The van der Waals surface area contributed by atoms with Gasteiger partial charge in [0.15, 0.2) is 5.78 Å². The van der Waals surface area contributed by atoms with Gasteiger partial charge in [0, 0.05) is 12.5 Å². The highest BCUT2D eigenvalue weighted by Crippen LogP contribution is 2.16. The van der Waals surface area contributed by atoms with Crippen LogP contribution in [0.2, 0.25) is 0 Å². The zero-order chi connectivity index (χ0) is 11.5. The molecule has 0 radical (unpaired) electrons. The molecule has 1 unspecified atom stereocenters. The molecule has 1 saturated heterocycles. The Morgan fingerprint density at radius 2 is 2.25 bits per heavy atom. The fraction of sp³-hybridized carbons (Fsp3) is 0.667. The number of ketones is 1. The maximum absolute atomic E-state index is 12.1. The molecule has 1 aliphatic heterocycles. The summed E-state index contributed by atoms with van der Waals surface area (Å²) >= 11 is 0. The third-order valence-electron chi connectivity index (χ3n) is 3.19. The summed E-state index contributed by atoms with van der Waals surface area (Å²) in [5.41, 5.74) is 1.32. The minimum absolute atomic E-state index is 0.0243. The van der Waals surface area contributed by atoms with Crippen LogP contribution in [-0.4, -0.2) is 35.5 Å². The number of carbonyl (C=O) groups excluding carboxylic acids is 1. The van der Waals surface area contributed by atoms with Gasteiger partial charge in [-0.2, -0.15) is 0 Å². The Kier molecular flexibility index (Phi) is 3.39. The fourth-order valence-electron chi connectivity index (χ4n) is 2.23. The summed E-state index contributed by atoms with van der Waals surface area (Å²) in [5.74, 6) is 0.168. The van der Waals surface area contributed by atoms with Crippen LogP contribution in [-0.2, 0) is 0 Å². The largest absolute Gasteiger partial charge is 0.364 e. The molecule has 0 spiro atoms. The molecular formula is C12H18N2O2. The van der Waals surface area contributed by atoms with Gasteiger partial charge in [0.2, 0.25) is 0 Å². The fourth-order valence-corrected chi connectivity index (χ4v) is 2.23. The van der Waals surface area contributed by atoms with Gasteiger partial charge < -0.3 is 9.42 Å². The van der Waals surface area contributed by atoms with E-state index in [0.29, 0.717) is 11.3 Å². The van der Waals surface area contributed by atoms with Gasteiger partial charge in [-0.25, -0.2) is 0 Å². The molecule has 0 saturated carbocycles. The average molecular weight is 222 g/mol. The minimum atomic E-state index is 0.0243. The van der Waals surface area contributed by atoms with Crippen LogP contribution in [0.15, 0.2) is 10.8 Å². The zero-order valence-electron chi connectivity index (χ0n) is 9.90. The summed E-state index contributed by atoms with van der Waals surface area (Å²) < 4.78 is 4.80. The van der Waals surface area contributed by atoms with Gasteiger partial charge in [-0.3, -0.25) is 4.79 Å². The van der Waals surface area contributed by atoms with E-state index in [9.17, 15) is 4.79 Å². The normalized spacial score (nSPS) is 18.9. The lowest BCUT2D eigenvalue weighted by Crippen LogP contribution is -2.29. The van der Waals surface area contributed by atoms with Crippen LogP contribution in [0, 0.1) is 12.8 Å². The van der Waals surface area contributed by atoms with Crippen molar-refractivity contribution in [2.75, 3.05) is 19.6 Å². The van der Waals surface area contributed by atoms with Gasteiger partial charge in [-0.05, 0) is 32.9 Å². The first kappa shape index (κ1) is 11.3. The Balaban J connectivity index is 1.96. The molecule has 1 fully saturated rings. The summed E-state index contributed by atoms with van der Waals surface area (Å²) in [4.78, 5) is 14.4. The van der Waals surface area contributed by atoms with Gasteiger partial charge in [0.05, 0.1) is 11.3 Å². The molecule has 1 atom stereocenters. The Morgan fingerprint density at radius 1 is 1.56 bits per heavy atom. The van der Waals surface area contributed by atoms with E-state index in [-0.39, 0.29) is 11.7 Å². The maximum atomic E-state index is 12.1. The van der Waals surface area contributed by atoms with E-state index in [4.69, 9.17) is 4.52 Å². The number of likely N-dealkylation sites (tertiary alicyclic amines) is 1. The highest BCUT2D eigenvalue weighted by molar-refractivity contribution is 5.98. The van der Waals surface area contributed by atoms with Crippen LogP contribution < -0.4 is 0 Å². The lowest BCUT2D eigenvalue weighted by atomic mass is 10.00. The third kappa shape index (κ3) is 2.32. The molecule has 0 bridgehead atoms. The van der Waals surface area contributed by atoms with Gasteiger partial charge >= 0.3 is 0 Å². The summed E-state index contributed by atoms with van der Waals surface area (Å²) in [6.07, 6.45) is 3.97. The Bertz CT molecular complexity index is 367. The first-order valence-electron chi connectivity index (χ1n) is 5.86. The molecule has 4 heteroatoms. The van der Waals surface area contributed by atoms with Crippen molar-refractivity contribution in [3.8, 4) is 0 Å². The number of aromatic nitrogens is 1. The van der Waals surface area contributed by atoms with Gasteiger partial charge in [-0.1, -0.05) is 12.1 Å². The van der Waals surface area contributed by atoms with E-state index in [1.54, 1.807) is 6.92 Å². The summed E-state index contributed by atoms with van der Waals surface area (Å²) in [6.45, 7) is 6.89. The van der Waals surface area contributed by atoms with E-state index in [2.05, 4.69) is 10.1 Å². The third-order valence-corrected chi connectivity index (χ3v) is 3.19. The second kappa shape index (κ2) is 4.78. The molecule has 88 valence electrons. The summed E-state index contributed by atoms with van der Waals surface area (Å²) in [7, 11) is 0. The average Bonchev–Trinajstić information content (AvgIpc) is 2.88. The number of hydrogen-bond acceptors (Lipinski definition) is 4. The van der Waals surface area contributed by atoms with Crippen LogP contribution in [0.25, 0.3) is 0 Å². The molecule has 0 amide bonds.